The number of hydrogen-bond donors (Lipinski definition) is 1. The molecule has 0 spiro atoms. The van der Waals surface area contributed by atoms with Crippen LogP contribution in [0.2, 0.25) is 0 Å². The molecule has 0 aliphatic heterocycles. The van der Waals surface area contributed by atoms with Gasteiger partial charge < -0.3 is 0 Å². The van der Waals surface area contributed by atoms with Gasteiger partial charge in [-0.05, 0) is 36.1 Å². The molecule has 0 heterocycles. The van der Waals surface area contributed by atoms with Gasteiger partial charge in [-0.3, -0.25) is 5.41 Å². The van der Waals surface area contributed by atoms with Gasteiger partial charge in [0.1, 0.15) is 0 Å². The quantitative estimate of drug-likeness (QED) is 0.624. The summed E-state index contributed by atoms with van der Waals surface area (Å²) in [5.74, 6) is 0. The molecule has 1 N–H and O–H groups in total. The first-order valence-electron chi connectivity index (χ1n) is 7.48. The maximum Gasteiger partial charge on any atom is 0.0696 e. The number of rotatable bonds is 3. The summed E-state index contributed by atoms with van der Waals surface area (Å²) in [6.07, 6.45) is 0. The molecule has 0 aliphatic carbocycles. The van der Waals surface area contributed by atoms with E-state index < -0.39 is 0 Å². The van der Waals surface area contributed by atoms with E-state index in [1.807, 2.05) is 42.5 Å². The zero-order valence-electron chi connectivity index (χ0n) is 12.9. The molecule has 0 saturated heterocycles. The van der Waals surface area contributed by atoms with Crippen LogP contribution >= 0.6 is 0 Å². The maximum absolute atomic E-state index is 8.74. The summed E-state index contributed by atoms with van der Waals surface area (Å²) in [4.78, 5) is 0. The summed E-state index contributed by atoms with van der Waals surface area (Å²) in [6.45, 7) is 4.14. The van der Waals surface area contributed by atoms with Gasteiger partial charge in [0.15, 0.2) is 0 Å². The first-order chi connectivity index (χ1) is 10.7. The van der Waals surface area contributed by atoms with Crippen LogP contribution in [0.1, 0.15) is 22.3 Å². The molecule has 0 aliphatic rings. The molecule has 0 fully saturated rings. The van der Waals surface area contributed by atoms with Crippen LogP contribution in [0.15, 0.2) is 72.8 Å². The van der Waals surface area contributed by atoms with Crippen LogP contribution in [0.25, 0.3) is 11.1 Å². The average molecular weight is 285 g/mol. The highest BCUT2D eigenvalue weighted by atomic mass is 14.4. The Balaban J connectivity index is 2.16. The standard InChI is InChI=1S/C21H19N/c1-15-9-8-10-16(2)20(15)21(22)19-14-7-6-13-18(19)17-11-4-3-5-12-17/h3-14,22H,1-2H3. The van der Waals surface area contributed by atoms with E-state index in [4.69, 9.17) is 5.41 Å². The lowest BCUT2D eigenvalue weighted by Gasteiger charge is -2.15. The fraction of sp³-hybridized carbons (Fsp3) is 0.0952. The van der Waals surface area contributed by atoms with Crippen LogP contribution in [0, 0.1) is 19.3 Å². The van der Waals surface area contributed by atoms with Crippen molar-refractivity contribution >= 4 is 5.71 Å². The molecule has 0 atom stereocenters. The Morgan fingerprint density at radius 3 is 1.95 bits per heavy atom. The largest absolute Gasteiger partial charge is 0.300 e. The number of nitrogens with one attached hydrogen (secondary N) is 1. The van der Waals surface area contributed by atoms with Gasteiger partial charge in [0.05, 0.1) is 5.71 Å². The lowest BCUT2D eigenvalue weighted by atomic mass is 9.89. The molecule has 0 unspecified atom stereocenters. The van der Waals surface area contributed by atoms with E-state index in [0.29, 0.717) is 5.71 Å². The molecule has 0 saturated carbocycles. The Morgan fingerprint density at radius 2 is 1.27 bits per heavy atom. The van der Waals surface area contributed by atoms with Gasteiger partial charge in [0.2, 0.25) is 0 Å². The van der Waals surface area contributed by atoms with Gasteiger partial charge in [0.25, 0.3) is 0 Å². The highest BCUT2D eigenvalue weighted by Gasteiger charge is 2.14. The third-order valence-corrected chi connectivity index (χ3v) is 4.01. The van der Waals surface area contributed by atoms with E-state index >= 15 is 0 Å². The lowest BCUT2D eigenvalue weighted by molar-refractivity contribution is 1.32. The zero-order chi connectivity index (χ0) is 15.5. The van der Waals surface area contributed by atoms with Crippen LogP contribution in [-0.4, -0.2) is 5.71 Å². The van der Waals surface area contributed by atoms with Crippen molar-refractivity contribution in [3.05, 3.63) is 95.1 Å². The first kappa shape index (κ1) is 14.3. The Bertz CT molecular complexity index is 796. The van der Waals surface area contributed by atoms with E-state index in [1.54, 1.807) is 0 Å². The van der Waals surface area contributed by atoms with Crippen molar-refractivity contribution in [3.8, 4) is 11.1 Å². The fourth-order valence-corrected chi connectivity index (χ4v) is 2.91. The van der Waals surface area contributed by atoms with Crippen molar-refractivity contribution in [2.24, 2.45) is 0 Å². The highest BCUT2D eigenvalue weighted by molar-refractivity contribution is 6.15. The van der Waals surface area contributed by atoms with Crippen LogP contribution in [0.5, 0.6) is 0 Å². The van der Waals surface area contributed by atoms with Gasteiger partial charge in [0, 0.05) is 11.1 Å². The Kier molecular flexibility index (Phi) is 3.88. The molecule has 108 valence electrons. The number of benzene rings is 3. The summed E-state index contributed by atoms with van der Waals surface area (Å²) < 4.78 is 0. The van der Waals surface area contributed by atoms with Gasteiger partial charge in [-0.25, -0.2) is 0 Å². The minimum atomic E-state index is 0.593. The number of hydrogen-bond acceptors (Lipinski definition) is 1. The summed E-state index contributed by atoms with van der Waals surface area (Å²) in [5, 5.41) is 8.74. The second kappa shape index (κ2) is 5.98. The van der Waals surface area contributed by atoms with Crippen LogP contribution in [0.4, 0.5) is 0 Å². The monoisotopic (exact) mass is 285 g/mol. The average Bonchev–Trinajstić information content (AvgIpc) is 2.55. The predicted octanol–water partition coefficient (Wildman–Crippen LogP) is 5.39. The Hall–Kier alpha value is -2.67. The van der Waals surface area contributed by atoms with Gasteiger partial charge in [-0.1, -0.05) is 72.8 Å². The number of aryl methyl sites for hydroxylation is 2. The van der Waals surface area contributed by atoms with Crippen LogP contribution in [-0.2, 0) is 0 Å². The maximum atomic E-state index is 8.74. The van der Waals surface area contributed by atoms with Crippen LogP contribution in [0.3, 0.4) is 0 Å². The molecule has 0 radical (unpaired) electrons. The van der Waals surface area contributed by atoms with Crippen molar-refractivity contribution in [2.75, 3.05) is 0 Å². The summed E-state index contributed by atoms with van der Waals surface area (Å²) in [6, 6.07) is 24.6. The van der Waals surface area contributed by atoms with E-state index in [-0.39, 0.29) is 0 Å². The molecule has 3 rings (SSSR count). The molecule has 22 heavy (non-hydrogen) atoms. The van der Waals surface area contributed by atoms with Gasteiger partial charge >= 0.3 is 0 Å². The second-order valence-electron chi connectivity index (χ2n) is 5.55. The summed E-state index contributed by atoms with van der Waals surface area (Å²) in [7, 11) is 0. The molecule has 0 bridgehead atoms. The van der Waals surface area contributed by atoms with Gasteiger partial charge in [-0.2, -0.15) is 0 Å². The van der Waals surface area contributed by atoms with E-state index in [2.05, 4.69) is 44.2 Å². The topological polar surface area (TPSA) is 23.9 Å². The minimum absolute atomic E-state index is 0.593. The van der Waals surface area contributed by atoms with Crippen molar-refractivity contribution < 1.29 is 0 Å². The predicted molar refractivity (Wildman–Crippen MR) is 93.7 cm³/mol. The Labute approximate surface area is 131 Å². The van der Waals surface area contributed by atoms with E-state index in [9.17, 15) is 0 Å². The lowest BCUT2D eigenvalue weighted by Crippen LogP contribution is -2.07. The minimum Gasteiger partial charge on any atom is -0.300 e. The van der Waals surface area contributed by atoms with E-state index in [1.165, 1.54) is 0 Å². The smallest absolute Gasteiger partial charge is 0.0696 e. The van der Waals surface area contributed by atoms with E-state index in [0.717, 1.165) is 33.4 Å². The molecule has 1 heteroatoms. The molecule has 3 aromatic carbocycles. The third-order valence-electron chi connectivity index (χ3n) is 4.01. The van der Waals surface area contributed by atoms with Gasteiger partial charge in [-0.15, -0.1) is 0 Å². The SMILES string of the molecule is Cc1cccc(C)c1C(=N)c1ccccc1-c1ccccc1. The highest BCUT2D eigenvalue weighted by Crippen LogP contribution is 2.27. The molecule has 0 aromatic heterocycles. The summed E-state index contributed by atoms with van der Waals surface area (Å²) in [5.41, 5.74) is 7.15. The second-order valence-corrected chi connectivity index (χ2v) is 5.55. The normalized spacial score (nSPS) is 10.5. The van der Waals surface area contributed by atoms with Crippen molar-refractivity contribution in [1.29, 1.82) is 5.41 Å². The summed E-state index contributed by atoms with van der Waals surface area (Å²) >= 11 is 0. The Morgan fingerprint density at radius 1 is 0.682 bits per heavy atom. The van der Waals surface area contributed by atoms with Crippen molar-refractivity contribution in [2.45, 2.75) is 13.8 Å². The van der Waals surface area contributed by atoms with Crippen LogP contribution < -0.4 is 0 Å². The molecular formula is C21H19N. The molecule has 0 amide bonds. The molecular weight excluding hydrogens is 266 g/mol. The third kappa shape index (κ3) is 2.58. The molecule has 3 aromatic rings. The first-order valence-corrected chi connectivity index (χ1v) is 7.48. The van der Waals surface area contributed by atoms with Crippen molar-refractivity contribution in [1.82, 2.24) is 0 Å². The van der Waals surface area contributed by atoms with Crippen molar-refractivity contribution in [3.63, 3.8) is 0 Å². The molecule has 1 nitrogen and oxygen atoms in total. The zero-order valence-corrected chi connectivity index (χ0v) is 12.9. The fourth-order valence-electron chi connectivity index (χ4n) is 2.91.